The zero-order chi connectivity index (χ0) is 9.84. The van der Waals surface area contributed by atoms with E-state index in [1.807, 2.05) is 19.9 Å². The van der Waals surface area contributed by atoms with Gasteiger partial charge in [-0.2, -0.15) is 0 Å². The second-order valence-corrected chi connectivity index (χ2v) is 3.14. The zero-order valence-electron chi connectivity index (χ0n) is 7.74. The number of aromatic hydroxyl groups is 1. The predicted molar refractivity (Wildman–Crippen MR) is 53.7 cm³/mol. The Morgan fingerprint density at radius 1 is 1.23 bits per heavy atom. The minimum atomic E-state index is -0.353. The van der Waals surface area contributed by atoms with Crippen molar-refractivity contribution in [2.75, 3.05) is 0 Å². The molecular weight excluding hydrogens is 164 g/mol. The summed E-state index contributed by atoms with van der Waals surface area (Å²) in [4.78, 5) is 11.0. The molecule has 0 unspecified atom stereocenters. The largest absolute Gasteiger partial charge is 0.504 e. The molecule has 0 aromatic heterocycles. The molecule has 0 heterocycles. The Morgan fingerprint density at radius 2 is 1.85 bits per heavy atom. The summed E-state index contributed by atoms with van der Waals surface area (Å²) in [5.41, 5.74) is 1.71. The molecule has 1 aromatic rings. The van der Waals surface area contributed by atoms with E-state index in [2.05, 4.69) is 0 Å². The lowest BCUT2D eigenvalue weighted by Crippen LogP contribution is -1.91. The summed E-state index contributed by atoms with van der Waals surface area (Å²) in [6.45, 7) is 3.95. The average molecular weight is 176 g/mol. The normalized spacial score (nSPS) is 9.38. The third kappa shape index (κ3) is 2.75. The average Bonchev–Trinajstić information content (AvgIpc) is 2.19. The van der Waals surface area contributed by atoms with E-state index in [9.17, 15) is 4.79 Å². The van der Waals surface area contributed by atoms with Crippen LogP contribution in [0.2, 0.25) is 0 Å². The number of hydrogen-bond acceptors (Lipinski definition) is 2. The van der Waals surface area contributed by atoms with Gasteiger partial charge in [0.2, 0.25) is 5.43 Å². The molecule has 0 fully saturated rings. The molecule has 1 N–H and O–H groups in total. The van der Waals surface area contributed by atoms with Gasteiger partial charge in [-0.05, 0) is 31.5 Å². The molecule has 0 atom stereocenters. The zero-order valence-corrected chi connectivity index (χ0v) is 7.74. The van der Waals surface area contributed by atoms with Gasteiger partial charge < -0.3 is 5.11 Å². The molecule has 0 amide bonds. The molecule has 0 aliphatic carbocycles. The highest BCUT2D eigenvalue weighted by Gasteiger charge is 1.91. The molecule has 0 aliphatic rings. The van der Waals surface area contributed by atoms with Crippen molar-refractivity contribution in [2.45, 2.75) is 13.8 Å². The van der Waals surface area contributed by atoms with E-state index >= 15 is 0 Å². The maximum atomic E-state index is 11.0. The van der Waals surface area contributed by atoms with Crippen molar-refractivity contribution in [1.82, 2.24) is 0 Å². The predicted octanol–water partition coefficient (Wildman–Crippen LogP) is 2.18. The number of allylic oxidation sites excluding steroid dienone is 1. The Hall–Kier alpha value is -1.57. The fraction of sp³-hybridized carbons (Fsp3) is 0.182. The Kier molecular flexibility index (Phi) is 2.85. The van der Waals surface area contributed by atoms with E-state index in [0.717, 1.165) is 11.1 Å². The van der Waals surface area contributed by atoms with E-state index in [-0.39, 0.29) is 11.2 Å². The van der Waals surface area contributed by atoms with Gasteiger partial charge in [-0.3, -0.25) is 4.79 Å². The summed E-state index contributed by atoms with van der Waals surface area (Å²) in [5, 5.41) is 9.10. The van der Waals surface area contributed by atoms with Gasteiger partial charge in [0.15, 0.2) is 5.75 Å². The fourth-order valence-electron chi connectivity index (χ4n) is 1.000. The van der Waals surface area contributed by atoms with Crippen LogP contribution in [0.25, 0.3) is 6.08 Å². The standard InChI is InChI=1S/C11H12O2/c1-8(2)7-9-3-5-10(12)11(13)6-4-9/h3-7H,1-2H3,(H,12,13). The van der Waals surface area contributed by atoms with Crippen LogP contribution in [0, 0.1) is 0 Å². The molecule has 1 rings (SSSR count). The summed E-state index contributed by atoms with van der Waals surface area (Å²) in [6, 6.07) is 6.18. The molecule has 13 heavy (non-hydrogen) atoms. The monoisotopic (exact) mass is 176 g/mol. The number of hydrogen-bond donors (Lipinski definition) is 1. The van der Waals surface area contributed by atoms with Crippen LogP contribution in [0.5, 0.6) is 5.75 Å². The lowest BCUT2D eigenvalue weighted by molar-refractivity contribution is 0.471. The summed E-state index contributed by atoms with van der Waals surface area (Å²) in [6.07, 6.45) is 1.94. The van der Waals surface area contributed by atoms with Gasteiger partial charge in [0.1, 0.15) is 0 Å². The molecule has 0 saturated carbocycles. The molecule has 2 nitrogen and oxygen atoms in total. The molecule has 0 aliphatic heterocycles. The van der Waals surface area contributed by atoms with Crippen molar-refractivity contribution in [3.05, 3.63) is 45.6 Å². The van der Waals surface area contributed by atoms with Crippen LogP contribution >= 0.6 is 0 Å². The second kappa shape index (κ2) is 3.90. The van der Waals surface area contributed by atoms with Crippen molar-refractivity contribution in [3.8, 4) is 5.75 Å². The highest BCUT2D eigenvalue weighted by molar-refractivity contribution is 5.51. The minimum Gasteiger partial charge on any atom is -0.504 e. The van der Waals surface area contributed by atoms with Crippen LogP contribution in [0.3, 0.4) is 0 Å². The molecule has 68 valence electrons. The van der Waals surface area contributed by atoms with E-state index in [0.29, 0.717) is 0 Å². The Morgan fingerprint density at radius 3 is 2.46 bits per heavy atom. The van der Waals surface area contributed by atoms with Gasteiger partial charge in [-0.1, -0.05) is 23.8 Å². The van der Waals surface area contributed by atoms with Crippen molar-refractivity contribution in [2.24, 2.45) is 0 Å². The third-order valence-corrected chi connectivity index (χ3v) is 1.57. The smallest absolute Gasteiger partial charge is 0.220 e. The Balaban J connectivity index is 3.25. The van der Waals surface area contributed by atoms with Crippen LogP contribution in [0.1, 0.15) is 19.4 Å². The number of rotatable bonds is 1. The van der Waals surface area contributed by atoms with Crippen molar-refractivity contribution in [1.29, 1.82) is 0 Å². The third-order valence-electron chi connectivity index (χ3n) is 1.57. The quantitative estimate of drug-likeness (QED) is 0.712. The summed E-state index contributed by atoms with van der Waals surface area (Å²) < 4.78 is 0. The maximum absolute atomic E-state index is 11.0. The van der Waals surface area contributed by atoms with Crippen LogP contribution in [-0.4, -0.2) is 5.11 Å². The summed E-state index contributed by atoms with van der Waals surface area (Å²) in [5.74, 6) is -0.214. The molecule has 0 radical (unpaired) electrons. The van der Waals surface area contributed by atoms with Crippen molar-refractivity contribution < 1.29 is 5.11 Å². The van der Waals surface area contributed by atoms with Gasteiger partial charge in [-0.15, -0.1) is 0 Å². The van der Waals surface area contributed by atoms with Gasteiger partial charge in [-0.25, -0.2) is 0 Å². The van der Waals surface area contributed by atoms with Crippen LogP contribution in [0.15, 0.2) is 34.6 Å². The van der Waals surface area contributed by atoms with Crippen LogP contribution in [-0.2, 0) is 0 Å². The molecule has 0 saturated heterocycles. The highest BCUT2D eigenvalue weighted by Crippen LogP contribution is 2.06. The Bertz CT molecular complexity index is 388. The van der Waals surface area contributed by atoms with Crippen LogP contribution < -0.4 is 5.43 Å². The molecule has 2 heteroatoms. The lowest BCUT2D eigenvalue weighted by atomic mass is 10.2. The topological polar surface area (TPSA) is 37.3 Å². The first kappa shape index (κ1) is 9.52. The first-order valence-corrected chi connectivity index (χ1v) is 4.08. The first-order chi connectivity index (χ1) is 6.09. The van der Waals surface area contributed by atoms with E-state index in [4.69, 9.17) is 5.11 Å². The van der Waals surface area contributed by atoms with Gasteiger partial charge in [0, 0.05) is 0 Å². The van der Waals surface area contributed by atoms with Gasteiger partial charge in [0.05, 0.1) is 0 Å². The first-order valence-electron chi connectivity index (χ1n) is 4.08. The lowest BCUT2D eigenvalue weighted by Gasteiger charge is -1.88. The highest BCUT2D eigenvalue weighted by atomic mass is 16.3. The van der Waals surface area contributed by atoms with E-state index in [1.54, 1.807) is 12.1 Å². The second-order valence-electron chi connectivity index (χ2n) is 3.14. The molecule has 0 bridgehead atoms. The maximum Gasteiger partial charge on any atom is 0.220 e. The van der Waals surface area contributed by atoms with Crippen molar-refractivity contribution in [3.63, 3.8) is 0 Å². The molecule has 0 spiro atoms. The molecular formula is C11H12O2. The summed E-state index contributed by atoms with van der Waals surface area (Å²) >= 11 is 0. The van der Waals surface area contributed by atoms with Crippen molar-refractivity contribution >= 4 is 6.08 Å². The van der Waals surface area contributed by atoms with E-state index < -0.39 is 0 Å². The van der Waals surface area contributed by atoms with Gasteiger partial charge >= 0.3 is 0 Å². The summed E-state index contributed by atoms with van der Waals surface area (Å²) in [7, 11) is 0. The molecule has 1 aromatic carbocycles. The minimum absolute atomic E-state index is 0.214. The van der Waals surface area contributed by atoms with Crippen LogP contribution in [0.4, 0.5) is 0 Å². The van der Waals surface area contributed by atoms with E-state index in [1.165, 1.54) is 12.1 Å². The van der Waals surface area contributed by atoms with Gasteiger partial charge in [0.25, 0.3) is 0 Å². The fourth-order valence-corrected chi connectivity index (χ4v) is 1.000. The SMILES string of the molecule is CC(C)=Cc1ccc(O)c(=O)cc1. The Labute approximate surface area is 77.2 Å².